The number of nitrogens with zero attached hydrogens (tertiary/aromatic N) is 3. The van der Waals surface area contributed by atoms with Crippen molar-refractivity contribution in [3.05, 3.63) is 70.6 Å². The van der Waals surface area contributed by atoms with Crippen molar-refractivity contribution in [2.75, 3.05) is 13.2 Å². The maximum Gasteiger partial charge on any atom is 0.318 e. The zero-order valence-corrected chi connectivity index (χ0v) is 15.9. The zero-order chi connectivity index (χ0) is 19.5. The van der Waals surface area contributed by atoms with Gasteiger partial charge in [-0.05, 0) is 29.8 Å². The number of urea groups is 1. The summed E-state index contributed by atoms with van der Waals surface area (Å²) in [6.07, 6.45) is 4.14. The predicted octanol–water partition coefficient (Wildman–Crippen LogP) is 2.93. The van der Waals surface area contributed by atoms with Gasteiger partial charge in [0.05, 0.1) is 24.9 Å². The van der Waals surface area contributed by atoms with Gasteiger partial charge < -0.3 is 15.3 Å². The van der Waals surface area contributed by atoms with Crippen molar-refractivity contribution in [3.63, 3.8) is 0 Å². The minimum absolute atomic E-state index is 0.209. The summed E-state index contributed by atoms with van der Waals surface area (Å²) in [6, 6.07) is 10.2. The molecule has 1 aliphatic rings. The van der Waals surface area contributed by atoms with Crippen molar-refractivity contribution >= 4 is 17.6 Å². The van der Waals surface area contributed by atoms with Gasteiger partial charge in [-0.15, -0.1) is 0 Å². The highest BCUT2D eigenvalue weighted by Gasteiger charge is 2.27. The number of carbonyl (C=O) groups excluding carboxylic acids is 1. The van der Waals surface area contributed by atoms with Crippen LogP contribution in [0.5, 0.6) is 0 Å². The topological polar surface area (TPSA) is 94.1 Å². The molecule has 0 bridgehead atoms. The number of rotatable bonds is 4. The second kappa shape index (κ2) is 8.00. The normalized spacial score (nSPS) is 14.4. The minimum Gasteiger partial charge on any atom is -0.394 e. The average Bonchev–Trinajstić information content (AvgIpc) is 3.15. The SMILES string of the molecule is O=C(NC(CO)c1cccc(Cl)c1)N1CCc2[nH]nc(-c3ccncc3)c2C1. The number of aromatic amines is 1. The van der Waals surface area contributed by atoms with Gasteiger partial charge in [-0.25, -0.2) is 4.79 Å². The molecule has 0 saturated heterocycles. The fourth-order valence-corrected chi connectivity index (χ4v) is 3.61. The molecule has 4 rings (SSSR count). The minimum atomic E-state index is -0.517. The largest absolute Gasteiger partial charge is 0.394 e. The average molecular weight is 398 g/mol. The first-order chi connectivity index (χ1) is 13.7. The van der Waals surface area contributed by atoms with E-state index in [1.807, 2.05) is 18.2 Å². The summed E-state index contributed by atoms with van der Waals surface area (Å²) in [4.78, 5) is 18.6. The molecule has 0 saturated carbocycles. The molecular weight excluding hydrogens is 378 g/mol. The third kappa shape index (κ3) is 3.72. The van der Waals surface area contributed by atoms with Crippen LogP contribution in [-0.2, 0) is 13.0 Å². The highest BCUT2D eigenvalue weighted by Crippen LogP contribution is 2.28. The van der Waals surface area contributed by atoms with Crippen molar-refractivity contribution < 1.29 is 9.90 Å². The van der Waals surface area contributed by atoms with Gasteiger partial charge in [-0.3, -0.25) is 10.1 Å². The molecule has 2 aromatic heterocycles. The number of H-pyrrole nitrogens is 1. The van der Waals surface area contributed by atoms with Crippen LogP contribution in [0.3, 0.4) is 0 Å². The van der Waals surface area contributed by atoms with E-state index in [0.717, 1.165) is 28.1 Å². The van der Waals surface area contributed by atoms with Crippen LogP contribution in [0.2, 0.25) is 5.02 Å². The van der Waals surface area contributed by atoms with Crippen LogP contribution in [0, 0.1) is 0 Å². The number of halogens is 1. The second-order valence-electron chi connectivity index (χ2n) is 6.68. The number of nitrogens with one attached hydrogen (secondary N) is 2. The molecular formula is C20H20ClN5O2. The number of carbonyl (C=O) groups is 1. The van der Waals surface area contributed by atoms with Crippen LogP contribution in [0.25, 0.3) is 11.3 Å². The Labute approximate surface area is 167 Å². The first-order valence-corrected chi connectivity index (χ1v) is 9.42. The molecule has 0 radical (unpaired) electrons. The van der Waals surface area contributed by atoms with Gasteiger partial charge in [0.1, 0.15) is 0 Å². The van der Waals surface area contributed by atoms with Gasteiger partial charge in [0.15, 0.2) is 0 Å². The fraction of sp³-hybridized carbons (Fsp3) is 0.250. The van der Waals surface area contributed by atoms with E-state index in [0.29, 0.717) is 24.5 Å². The Hall–Kier alpha value is -2.90. The van der Waals surface area contributed by atoms with E-state index in [1.165, 1.54) is 0 Å². The highest BCUT2D eigenvalue weighted by atomic mass is 35.5. The van der Waals surface area contributed by atoms with E-state index in [1.54, 1.807) is 35.5 Å². The molecule has 2 amide bonds. The van der Waals surface area contributed by atoms with E-state index in [2.05, 4.69) is 20.5 Å². The molecule has 3 aromatic rings. The van der Waals surface area contributed by atoms with Crippen molar-refractivity contribution in [2.24, 2.45) is 0 Å². The molecule has 1 aliphatic heterocycles. The maximum absolute atomic E-state index is 12.8. The Morgan fingerprint density at radius 2 is 2.14 bits per heavy atom. The first kappa shape index (κ1) is 18.5. The monoisotopic (exact) mass is 397 g/mol. The number of hydrogen-bond acceptors (Lipinski definition) is 4. The van der Waals surface area contributed by atoms with Crippen molar-refractivity contribution in [1.29, 1.82) is 0 Å². The summed E-state index contributed by atoms with van der Waals surface area (Å²) in [6.45, 7) is 0.812. The molecule has 3 heterocycles. The van der Waals surface area contributed by atoms with Crippen LogP contribution >= 0.6 is 11.6 Å². The Bertz CT molecular complexity index is 976. The summed E-state index contributed by atoms with van der Waals surface area (Å²) >= 11 is 6.03. The first-order valence-electron chi connectivity index (χ1n) is 9.04. The van der Waals surface area contributed by atoms with E-state index < -0.39 is 6.04 Å². The Morgan fingerprint density at radius 1 is 1.32 bits per heavy atom. The number of amides is 2. The van der Waals surface area contributed by atoms with Gasteiger partial charge in [0.2, 0.25) is 0 Å². The number of aromatic nitrogens is 3. The van der Waals surface area contributed by atoms with Gasteiger partial charge in [-0.2, -0.15) is 5.10 Å². The molecule has 28 heavy (non-hydrogen) atoms. The predicted molar refractivity (Wildman–Crippen MR) is 106 cm³/mol. The molecule has 8 heteroatoms. The Morgan fingerprint density at radius 3 is 2.89 bits per heavy atom. The number of pyridine rings is 1. The highest BCUT2D eigenvalue weighted by molar-refractivity contribution is 6.30. The van der Waals surface area contributed by atoms with Crippen LogP contribution in [0.15, 0.2) is 48.8 Å². The zero-order valence-electron chi connectivity index (χ0n) is 15.1. The van der Waals surface area contributed by atoms with E-state index in [-0.39, 0.29) is 12.6 Å². The molecule has 1 atom stereocenters. The van der Waals surface area contributed by atoms with E-state index in [9.17, 15) is 9.90 Å². The van der Waals surface area contributed by atoms with Crippen LogP contribution in [0.1, 0.15) is 22.9 Å². The standard InChI is InChI=1S/C20H20ClN5O2/c21-15-3-1-2-14(10-15)18(12-27)23-20(28)26-9-6-17-16(11-26)19(25-24-17)13-4-7-22-8-5-13/h1-5,7-8,10,18,27H,6,9,11-12H2,(H,23,28)(H,24,25). The lowest BCUT2D eigenvalue weighted by atomic mass is 10.0. The number of fused-ring (bicyclic) bond motifs is 1. The lowest BCUT2D eigenvalue weighted by Crippen LogP contribution is -2.44. The van der Waals surface area contributed by atoms with Crippen LogP contribution in [0.4, 0.5) is 4.79 Å². The van der Waals surface area contributed by atoms with E-state index in [4.69, 9.17) is 11.6 Å². The molecule has 7 nitrogen and oxygen atoms in total. The van der Waals surface area contributed by atoms with Gasteiger partial charge in [-0.1, -0.05) is 23.7 Å². The third-order valence-corrected chi connectivity index (χ3v) is 5.14. The second-order valence-corrected chi connectivity index (χ2v) is 7.11. The third-order valence-electron chi connectivity index (χ3n) is 4.91. The quantitative estimate of drug-likeness (QED) is 0.631. The molecule has 0 spiro atoms. The Kier molecular flexibility index (Phi) is 5.27. The maximum atomic E-state index is 12.8. The summed E-state index contributed by atoms with van der Waals surface area (Å²) in [5.41, 5.74) is 4.62. The number of aliphatic hydroxyl groups is 1. The van der Waals surface area contributed by atoms with Crippen molar-refractivity contribution in [3.8, 4) is 11.3 Å². The molecule has 1 aromatic carbocycles. The van der Waals surface area contributed by atoms with Gasteiger partial charge in [0.25, 0.3) is 0 Å². The summed E-state index contributed by atoms with van der Waals surface area (Å²) in [5.74, 6) is 0. The number of benzene rings is 1. The summed E-state index contributed by atoms with van der Waals surface area (Å²) in [7, 11) is 0. The lowest BCUT2D eigenvalue weighted by Gasteiger charge is -2.29. The number of hydrogen-bond donors (Lipinski definition) is 3. The van der Waals surface area contributed by atoms with Crippen LogP contribution < -0.4 is 5.32 Å². The van der Waals surface area contributed by atoms with Crippen LogP contribution in [-0.4, -0.2) is 44.4 Å². The smallest absolute Gasteiger partial charge is 0.318 e. The number of aliphatic hydroxyl groups excluding tert-OH is 1. The molecule has 144 valence electrons. The van der Waals surface area contributed by atoms with Crippen molar-refractivity contribution in [2.45, 2.75) is 19.0 Å². The van der Waals surface area contributed by atoms with Gasteiger partial charge >= 0.3 is 6.03 Å². The molecule has 0 fully saturated rings. The summed E-state index contributed by atoms with van der Waals surface area (Å²) in [5, 5.41) is 20.7. The lowest BCUT2D eigenvalue weighted by molar-refractivity contribution is 0.177. The van der Waals surface area contributed by atoms with Gasteiger partial charge in [0, 0.05) is 47.2 Å². The molecule has 3 N–H and O–H groups in total. The Balaban J connectivity index is 1.51. The fourth-order valence-electron chi connectivity index (χ4n) is 3.42. The summed E-state index contributed by atoms with van der Waals surface area (Å²) < 4.78 is 0. The molecule has 0 aliphatic carbocycles. The molecule has 1 unspecified atom stereocenters. The van der Waals surface area contributed by atoms with E-state index >= 15 is 0 Å². The van der Waals surface area contributed by atoms with Crippen molar-refractivity contribution in [1.82, 2.24) is 25.4 Å².